The molecule has 18 heavy (non-hydrogen) atoms. The third-order valence-electron chi connectivity index (χ3n) is 3.31. The van der Waals surface area contributed by atoms with Crippen molar-refractivity contribution in [1.82, 2.24) is 0 Å². The number of halogens is 1. The van der Waals surface area contributed by atoms with E-state index in [-0.39, 0.29) is 11.5 Å². The number of rotatable bonds is 3. The molecule has 0 unspecified atom stereocenters. The van der Waals surface area contributed by atoms with Crippen LogP contribution in [0.3, 0.4) is 0 Å². The van der Waals surface area contributed by atoms with Crippen LogP contribution in [0.25, 0.3) is 11.1 Å². The van der Waals surface area contributed by atoms with E-state index < -0.39 is 0 Å². The summed E-state index contributed by atoms with van der Waals surface area (Å²) in [5.74, 6) is -0.351. The van der Waals surface area contributed by atoms with E-state index in [9.17, 15) is 4.39 Å². The number of hydrogen-bond donors (Lipinski definition) is 1. The van der Waals surface area contributed by atoms with Gasteiger partial charge in [0.25, 0.3) is 0 Å². The average Bonchev–Trinajstić information content (AvgIpc) is 2.41. The van der Waals surface area contributed by atoms with E-state index in [0.29, 0.717) is 0 Å². The summed E-state index contributed by atoms with van der Waals surface area (Å²) in [6, 6.07) is 11.3. The van der Waals surface area contributed by atoms with E-state index in [1.54, 1.807) is 6.07 Å². The van der Waals surface area contributed by atoms with Crippen molar-refractivity contribution < 1.29 is 4.39 Å². The minimum atomic E-state index is -0.351. The van der Waals surface area contributed by atoms with E-state index >= 15 is 0 Å². The molecule has 0 amide bonds. The maximum Gasteiger partial charge on any atom is 0.146 e. The highest BCUT2D eigenvalue weighted by Crippen LogP contribution is 2.31. The maximum atomic E-state index is 13.6. The van der Waals surface area contributed by atoms with E-state index in [1.807, 2.05) is 6.07 Å². The summed E-state index contributed by atoms with van der Waals surface area (Å²) in [4.78, 5) is 0. The number of nitrogens with two attached hydrogens (primary N) is 1. The van der Waals surface area contributed by atoms with Crippen LogP contribution in [0.1, 0.15) is 25.0 Å². The summed E-state index contributed by atoms with van der Waals surface area (Å²) >= 11 is 0. The van der Waals surface area contributed by atoms with Crippen LogP contribution in [-0.4, -0.2) is 0 Å². The van der Waals surface area contributed by atoms with E-state index in [2.05, 4.69) is 32.0 Å². The lowest BCUT2D eigenvalue weighted by Crippen LogP contribution is -1.97. The van der Waals surface area contributed by atoms with Crippen molar-refractivity contribution in [3.05, 3.63) is 53.3 Å². The molecule has 0 bridgehead atoms. The molecule has 0 heterocycles. The second-order valence-corrected chi connectivity index (χ2v) is 4.40. The number of hydrogen-bond acceptors (Lipinski definition) is 1. The monoisotopic (exact) mass is 243 g/mol. The second-order valence-electron chi connectivity index (χ2n) is 4.40. The molecule has 0 aromatic heterocycles. The van der Waals surface area contributed by atoms with Gasteiger partial charge in [0, 0.05) is 5.56 Å². The Labute approximate surface area is 107 Å². The van der Waals surface area contributed by atoms with Crippen LogP contribution in [0.5, 0.6) is 0 Å². The van der Waals surface area contributed by atoms with Crippen molar-refractivity contribution in [3.63, 3.8) is 0 Å². The zero-order chi connectivity index (χ0) is 13.1. The molecule has 2 N–H and O–H groups in total. The van der Waals surface area contributed by atoms with Gasteiger partial charge in [0.05, 0.1) is 5.69 Å². The highest BCUT2D eigenvalue weighted by molar-refractivity contribution is 5.79. The topological polar surface area (TPSA) is 26.0 Å². The van der Waals surface area contributed by atoms with Gasteiger partial charge in [-0.05, 0) is 35.6 Å². The summed E-state index contributed by atoms with van der Waals surface area (Å²) in [5, 5.41) is 0. The number of nitrogen functional groups attached to an aromatic ring is 1. The smallest absolute Gasteiger partial charge is 0.146 e. The molecule has 94 valence electrons. The Bertz CT molecular complexity index is 561. The normalized spacial score (nSPS) is 10.6. The zero-order valence-corrected chi connectivity index (χ0v) is 10.8. The fourth-order valence-electron chi connectivity index (χ4n) is 2.17. The Morgan fingerprint density at radius 2 is 1.78 bits per heavy atom. The fourth-order valence-corrected chi connectivity index (χ4v) is 2.17. The first-order valence-corrected chi connectivity index (χ1v) is 6.33. The van der Waals surface area contributed by atoms with Gasteiger partial charge in [-0.15, -0.1) is 0 Å². The van der Waals surface area contributed by atoms with Gasteiger partial charge < -0.3 is 5.73 Å². The standard InChI is InChI=1S/C16H18FN/c1-3-11-8-9-12(4-2)14(10-11)13-6-5-7-15(17)16(13)18/h5-10H,3-4,18H2,1-2H3. The number of aryl methyl sites for hydroxylation is 2. The number of benzene rings is 2. The Balaban J connectivity index is 2.64. The van der Waals surface area contributed by atoms with Crippen LogP contribution in [-0.2, 0) is 12.8 Å². The third-order valence-corrected chi connectivity index (χ3v) is 3.31. The zero-order valence-electron chi connectivity index (χ0n) is 10.8. The molecule has 0 aliphatic heterocycles. The maximum absolute atomic E-state index is 13.6. The lowest BCUT2D eigenvalue weighted by atomic mass is 9.94. The Hall–Kier alpha value is -1.83. The number of anilines is 1. The van der Waals surface area contributed by atoms with Crippen molar-refractivity contribution in [1.29, 1.82) is 0 Å². The Morgan fingerprint density at radius 3 is 2.44 bits per heavy atom. The quantitative estimate of drug-likeness (QED) is 0.803. The summed E-state index contributed by atoms with van der Waals surface area (Å²) in [7, 11) is 0. The SMILES string of the molecule is CCc1ccc(CC)c(-c2cccc(F)c2N)c1. The largest absolute Gasteiger partial charge is 0.396 e. The van der Waals surface area contributed by atoms with Crippen molar-refractivity contribution in [3.8, 4) is 11.1 Å². The van der Waals surface area contributed by atoms with E-state index in [1.165, 1.54) is 17.2 Å². The van der Waals surface area contributed by atoms with Crippen LogP contribution >= 0.6 is 0 Å². The van der Waals surface area contributed by atoms with Crippen molar-refractivity contribution in [2.75, 3.05) is 5.73 Å². The van der Waals surface area contributed by atoms with Crippen molar-refractivity contribution >= 4 is 5.69 Å². The van der Waals surface area contributed by atoms with E-state index in [4.69, 9.17) is 5.73 Å². The van der Waals surface area contributed by atoms with Gasteiger partial charge in [0.15, 0.2) is 0 Å². The molecule has 2 aromatic carbocycles. The molecule has 0 aliphatic rings. The summed E-state index contributed by atoms with van der Waals surface area (Å²) in [5.41, 5.74) is 10.4. The number of para-hydroxylation sites is 1. The van der Waals surface area contributed by atoms with E-state index in [0.717, 1.165) is 24.0 Å². The minimum absolute atomic E-state index is 0.237. The molecule has 0 radical (unpaired) electrons. The molecule has 2 rings (SSSR count). The van der Waals surface area contributed by atoms with Crippen molar-refractivity contribution in [2.45, 2.75) is 26.7 Å². The van der Waals surface area contributed by atoms with Gasteiger partial charge >= 0.3 is 0 Å². The third kappa shape index (κ3) is 2.23. The first-order valence-electron chi connectivity index (χ1n) is 6.33. The molecule has 0 aliphatic carbocycles. The van der Waals surface area contributed by atoms with Crippen LogP contribution in [0, 0.1) is 5.82 Å². The average molecular weight is 243 g/mol. The molecule has 2 aromatic rings. The lowest BCUT2D eigenvalue weighted by Gasteiger charge is -2.13. The van der Waals surface area contributed by atoms with Gasteiger partial charge in [-0.1, -0.05) is 44.2 Å². The molecule has 0 spiro atoms. The summed E-state index contributed by atoms with van der Waals surface area (Å²) in [6.07, 6.45) is 1.88. The highest BCUT2D eigenvalue weighted by Gasteiger charge is 2.10. The van der Waals surface area contributed by atoms with Gasteiger partial charge in [0.1, 0.15) is 5.82 Å². The molecular weight excluding hydrogens is 225 g/mol. The van der Waals surface area contributed by atoms with Crippen LogP contribution in [0.15, 0.2) is 36.4 Å². The summed E-state index contributed by atoms with van der Waals surface area (Å²) in [6.45, 7) is 4.21. The fraction of sp³-hybridized carbons (Fsp3) is 0.250. The van der Waals surface area contributed by atoms with Crippen molar-refractivity contribution in [2.24, 2.45) is 0 Å². The highest BCUT2D eigenvalue weighted by atomic mass is 19.1. The Kier molecular flexibility index (Phi) is 3.66. The van der Waals surface area contributed by atoms with Gasteiger partial charge in [0.2, 0.25) is 0 Å². The predicted octanol–water partition coefficient (Wildman–Crippen LogP) is 4.20. The molecule has 1 nitrogen and oxygen atoms in total. The molecule has 0 saturated heterocycles. The Morgan fingerprint density at radius 1 is 1.00 bits per heavy atom. The molecule has 2 heteroatoms. The van der Waals surface area contributed by atoms with Gasteiger partial charge in [-0.3, -0.25) is 0 Å². The minimum Gasteiger partial charge on any atom is -0.396 e. The predicted molar refractivity (Wildman–Crippen MR) is 75.0 cm³/mol. The van der Waals surface area contributed by atoms with Crippen LogP contribution in [0.4, 0.5) is 10.1 Å². The van der Waals surface area contributed by atoms with Gasteiger partial charge in [-0.25, -0.2) is 4.39 Å². The summed E-state index contributed by atoms with van der Waals surface area (Å²) < 4.78 is 13.6. The molecule has 0 atom stereocenters. The van der Waals surface area contributed by atoms with Gasteiger partial charge in [-0.2, -0.15) is 0 Å². The lowest BCUT2D eigenvalue weighted by molar-refractivity contribution is 0.633. The first kappa shape index (κ1) is 12.6. The second kappa shape index (κ2) is 5.21. The molecule has 0 saturated carbocycles. The molecule has 0 fully saturated rings. The van der Waals surface area contributed by atoms with Crippen LogP contribution < -0.4 is 5.73 Å². The first-order chi connectivity index (χ1) is 8.67. The molecular formula is C16H18FN. The van der Waals surface area contributed by atoms with Crippen LogP contribution in [0.2, 0.25) is 0 Å².